The minimum atomic E-state index is 0.0866. The monoisotopic (exact) mass is 379 g/mol. The molecule has 148 valence electrons. The number of rotatable bonds is 3. The third-order valence-corrected chi connectivity index (χ3v) is 6.49. The average molecular weight is 380 g/mol. The number of phenolic OH excluding ortho intramolecular Hbond substituents is 1. The van der Waals surface area contributed by atoms with Crippen molar-refractivity contribution in [2.45, 2.75) is 45.7 Å². The van der Waals surface area contributed by atoms with Gasteiger partial charge in [-0.15, -0.1) is 0 Å². The molecule has 3 heterocycles. The Morgan fingerprint density at radius 3 is 2.39 bits per heavy atom. The van der Waals surface area contributed by atoms with Gasteiger partial charge in [-0.2, -0.15) is 0 Å². The topological polar surface area (TPSA) is 56.7 Å². The van der Waals surface area contributed by atoms with Gasteiger partial charge in [-0.05, 0) is 63.4 Å². The highest BCUT2D eigenvalue weighted by atomic mass is 16.3. The Hall–Kier alpha value is -2.40. The molecule has 1 unspecified atom stereocenters. The van der Waals surface area contributed by atoms with Crippen LogP contribution < -0.4 is 0 Å². The summed E-state index contributed by atoms with van der Waals surface area (Å²) in [6.07, 6.45) is 3.70. The molecule has 2 aliphatic heterocycles. The molecular weight excluding hydrogens is 350 g/mol. The number of aromatic hydroxyl groups is 1. The van der Waals surface area contributed by atoms with Gasteiger partial charge in [0.05, 0.1) is 5.56 Å². The number of hydrogen-bond donors (Lipinski definition) is 1. The van der Waals surface area contributed by atoms with E-state index < -0.39 is 0 Å². The molecule has 1 aromatic carbocycles. The van der Waals surface area contributed by atoms with Crippen molar-refractivity contribution in [3.63, 3.8) is 0 Å². The fraction of sp³-hybridized carbons (Fsp3) is 0.478. The fourth-order valence-electron chi connectivity index (χ4n) is 4.83. The lowest BCUT2D eigenvalue weighted by Crippen LogP contribution is -2.64. The van der Waals surface area contributed by atoms with Crippen LogP contribution in [0.2, 0.25) is 0 Å². The van der Waals surface area contributed by atoms with Crippen LogP contribution in [0.5, 0.6) is 5.75 Å². The van der Waals surface area contributed by atoms with E-state index in [2.05, 4.69) is 23.7 Å². The van der Waals surface area contributed by atoms with E-state index in [0.717, 1.165) is 38.2 Å². The SMILES string of the molecule is Cc1ccc(C(=O)N2CCC3(CC2)CN(C(C)C)C3c2ccc(O)cc2)cn1. The number of amides is 1. The van der Waals surface area contributed by atoms with Gasteiger partial charge in [0, 0.05) is 49.0 Å². The van der Waals surface area contributed by atoms with E-state index in [-0.39, 0.29) is 11.3 Å². The first kappa shape index (κ1) is 18.9. The van der Waals surface area contributed by atoms with E-state index in [4.69, 9.17) is 0 Å². The molecule has 1 spiro atoms. The Balaban J connectivity index is 1.49. The van der Waals surface area contributed by atoms with Crippen molar-refractivity contribution in [1.82, 2.24) is 14.8 Å². The lowest BCUT2D eigenvalue weighted by Gasteiger charge is -2.62. The highest BCUT2D eigenvalue weighted by molar-refractivity contribution is 5.94. The van der Waals surface area contributed by atoms with Crippen LogP contribution in [0.4, 0.5) is 0 Å². The number of aromatic nitrogens is 1. The van der Waals surface area contributed by atoms with Crippen LogP contribution >= 0.6 is 0 Å². The van der Waals surface area contributed by atoms with Crippen molar-refractivity contribution >= 4 is 5.91 Å². The molecule has 0 saturated carbocycles. The van der Waals surface area contributed by atoms with Crippen LogP contribution in [0.25, 0.3) is 0 Å². The second-order valence-electron chi connectivity index (χ2n) is 8.60. The molecule has 1 amide bonds. The van der Waals surface area contributed by atoms with E-state index in [0.29, 0.717) is 23.4 Å². The number of benzene rings is 1. The van der Waals surface area contributed by atoms with Gasteiger partial charge in [-0.25, -0.2) is 0 Å². The summed E-state index contributed by atoms with van der Waals surface area (Å²) < 4.78 is 0. The zero-order valence-electron chi connectivity index (χ0n) is 16.9. The predicted molar refractivity (Wildman–Crippen MR) is 109 cm³/mol. The van der Waals surface area contributed by atoms with Crippen LogP contribution in [-0.2, 0) is 0 Å². The molecule has 2 aliphatic rings. The Labute approximate surface area is 167 Å². The molecular formula is C23H29N3O2. The number of carbonyl (C=O) groups excluding carboxylic acids is 1. The van der Waals surface area contributed by atoms with Gasteiger partial charge < -0.3 is 10.0 Å². The molecule has 0 aliphatic carbocycles. The lowest BCUT2D eigenvalue weighted by molar-refractivity contribution is -0.124. The summed E-state index contributed by atoms with van der Waals surface area (Å²) >= 11 is 0. The largest absolute Gasteiger partial charge is 0.508 e. The Bertz CT molecular complexity index is 837. The first-order chi connectivity index (χ1) is 13.4. The second-order valence-corrected chi connectivity index (χ2v) is 8.60. The van der Waals surface area contributed by atoms with Crippen LogP contribution in [0.3, 0.4) is 0 Å². The maximum atomic E-state index is 12.8. The van der Waals surface area contributed by atoms with Gasteiger partial charge in [-0.1, -0.05) is 12.1 Å². The third-order valence-electron chi connectivity index (χ3n) is 6.49. The standard InChI is InChI=1S/C23H29N3O2/c1-16(2)26-15-23(21(26)18-6-8-20(27)9-7-18)10-12-25(13-11-23)22(28)19-5-4-17(3)24-14-19/h4-9,14,16,21,27H,10-13,15H2,1-3H3. The van der Waals surface area contributed by atoms with Crippen molar-refractivity contribution in [2.24, 2.45) is 5.41 Å². The van der Waals surface area contributed by atoms with E-state index in [1.165, 1.54) is 5.56 Å². The van der Waals surface area contributed by atoms with Crippen molar-refractivity contribution in [2.75, 3.05) is 19.6 Å². The molecule has 2 fully saturated rings. The summed E-state index contributed by atoms with van der Waals surface area (Å²) in [6.45, 7) is 9.05. The first-order valence-electron chi connectivity index (χ1n) is 10.2. The van der Waals surface area contributed by atoms with Crippen LogP contribution in [-0.4, -0.2) is 51.5 Å². The second kappa shape index (κ2) is 7.21. The van der Waals surface area contributed by atoms with Gasteiger partial charge in [0.15, 0.2) is 0 Å². The van der Waals surface area contributed by atoms with Gasteiger partial charge in [0.25, 0.3) is 5.91 Å². The normalized spacial score (nSPS) is 21.7. The third kappa shape index (κ3) is 3.28. The zero-order chi connectivity index (χ0) is 19.9. The fourth-order valence-corrected chi connectivity index (χ4v) is 4.83. The Morgan fingerprint density at radius 2 is 1.82 bits per heavy atom. The van der Waals surface area contributed by atoms with E-state index in [1.54, 1.807) is 18.3 Å². The number of phenols is 1. The summed E-state index contributed by atoms with van der Waals surface area (Å²) in [5, 5.41) is 9.66. The summed E-state index contributed by atoms with van der Waals surface area (Å²) in [7, 11) is 0. The number of piperidine rings is 1. The van der Waals surface area contributed by atoms with Gasteiger partial charge in [-0.3, -0.25) is 14.7 Å². The number of aryl methyl sites for hydroxylation is 1. The molecule has 0 bridgehead atoms. The summed E-state index contributed by atoms with van der Waals surface area (Å²) in [5.41, 5.74) is 3.08. The van der Waals surface area contributed by atoms with Gasteiger partial charge in [0.1, 0.15) is 5.75 Å². The minimum absolute atomic E-state index is 0.0866. The average Bonchev–Trinajstić information content (AvgIpc) is 2.68. The minimum Gasteiger partial charge on any atom is -0.508 e. The van der Waals surface area contributed by atoms with E-state index >= 15 is 0 Å². The van der Waals surface area contributed by atoms with Crippen molar-refractivity contribution in [1.29, 1.82) is 0 Å². The number of likely N-dealkylation sites (tertiary alicyclic amines) is 2. The van der Waals surface area contributed by atoms with Crippen LogP contribution in [0, 0.1) is 12.3 Å². The Morgan fingerprint density at radius 1 is 1.14 bits per heavy atom. The molecule has 5 heteroatoms. The van der Waals surface area contributed by atoms with E-state index in [9.17, 15) is 9.90 Å². The number of carbonyl (C=O) groups is 1. The maximum Gasteiger partial charge on any atom is 0.255 e. The van der Waals surface area contributed by atoms with Gasteiger partial charge in [0.2, 0.25) is 0 Å². The predicted octanol–water partition coefficient (Wildman–Crippen LogP) is 3.78. The van der Waals surface area contributed by atoms with Crippen LogP contribution in [0.15, 0.2) is 42.6 Å². The van der Waals surface area contributed by atoms with E-state index in [1.807, 2.05) is 36.1 Å². The highest BCUT2D eigenvalue weighted by Crippen LogP contribution is 2.55. The summed E-state index contributed by atoms with van der Waals surface area (Å²) in [4.78, 5) is 21.6. The smallest absolute Gasteiger partial charge is 0.255 e. The molecule has 2 aromatic rings. The molecule has 1 atom stereocenters. The molecule has 28 heavy (non-hydrogen) atoms. The molecule has 2 saturated heterocycles. The quantitative estimate of drug-likeness (QED) is 0.882. The number of hydrogen-bond acceptors (Lipinski definition) is 4. The molecule has 5 nitrogen and oxygen atoms in total. The lowest BCUT2D eigenvalue weighted by atomic mass is 9.62. The zero-order valence-corrected chi connectivity index (χ0v) is 16.9. The van der Waals surface area contributed by atoms with Crippen LogP contribution in [0.1, 0.15) is 54.3 Å². The molecule has 1 N–H and O–H groups in total. The Kier molecular flexibility index (Phi) is 4.88. The molecule has 4 rings (SSSR count). The summed E-state index contributed by atoms with van der Waals surface area (Å²) in [5.74, 6) is 0.393. The van der Waals surface area contributed by atoms with Crippen molar-refractivity contribution < 1.29 is 9.90 Å². The molecule has 1 aromatic heterocycles. The van der Waals surface area contributed by atoms with Gasteiger partial charge >= 0.3 is 0 Å². The first-order valence-corrected chi connectivity index (χ1v) is 10.2. The highest BCUT2D eigenvalue weighted by Gasteiger charge is 2.54. The number of nitrogens with zero attached hydrogens (tertiary/aromatic N) is 3. The maximum absolute atomic E-state index is 12.8. The number of pyridine rings is 1. The summed E-state index contributed by atoms with van der Waals surface area (Å²) in [6, 6.07) is 12.3. The molecule has 0 radical (unpaired) electrons. The van der Waals surface area contributed by atoms with Crippen molar-refractivity contribution in [3.8, 4) is 5.75 Å². The van der Waals surface area contributed by atoms with Crippen molar-refractivity contribution in [3.05, 3.63) is 59.4 Å².